The molecule has 1 rings (SSSR count). The van der Waals surface area contributed by atoms with Gasteiger partial charge in [0.05, 0.1) is 0 Å². The van der Waals surface area contributed by atoms with Crippen LogP contribution in [-0.2, 0) is 16.1 Å². The van der Waals surface area contributed by atoms with Gasteiger partial charge in [-0.2, -0.15) is 13.2 Å². The van der Waals surface area contributed by atoms with Crippen LogP contribution < -0.4 is 10.1 Å². The summed E-state index contributed by atoms with van der Waals surface area (Å²) in [7, 11) is 1.41. The van der Waals surface area contributed by atoms with Gasteiger partial charge in [-0.15, -0.1) is 0 Å². The second-order valence-electron chi connectivity index (χ2n) is 3.76. The number of benzene rings is 1. The molecule has 0 aliphatic carbocycles. The summed E-state index contributed by atoms with van der Waals surface area (Å²) in [6.45, 7) is -1.08. The Labute approximate surface area is 108 Å². The van der Waals surface area contributed by atoms with Gasteiger partial charge in [-0.25, -0.2) is 0 Å². The maximum absolute atomic E-state index is 11.9. The highest BCUT2D eigenvalue weighted by Crippen LogP contribution is 2.18. The predicted octanol–water partition coefficient (Wildman–Crippen LogP) is 1.89. The fraction of sp³-hybridized carbons (Fsp3) is 0.417. The monoisotopic (exact) mass is 277 g/mol. The largest absolute Gasteiger partial charge is 0.484 e. The van der Waals surface area contributed by atoms with E-state index >= 15 is 0 Å². The van der Waals surface area contributed by atoms with E-state index in [1.54, 1.807) is 12.1 Å². The third kappa shape index (κ3) is 6.66. The fourth-order valence-corrected chi connectivity index (χ4v) is 1.25. The van der Waals surface area contributed by atoms with Crippen LogP contribution in [0.15, 0.2) is 24.3 Å². The highest BCUT2D eigenvalue weighted by molar-refractivity contribution is 5.77. The van der Waals surface area contributed by atoms with Crippen molar-refractivity contribution in [2.75, 3.05) is 20.3 Å². The van der Waals surface area contributed by atoms with Gasteiger partial charge in [-0.1, -0.05) is 12.1 Å². The summed E-state index contributed by atoms with van der Waals surface area (Å²) < 4.78 is 44.9. The first-order chi connectivity index (χ1) is 8.90. The van der Waals surface area contributed by atoms with Gasteiger partial charge in [0.15, 0.2) is 6.61 Å². The van der Waals surface area contributed by atoms with Crippen LogP contribution in [0.5, 0.6) is 5.75 Å². The van der Waals surface area contributed by atoms with Crippen molar-refractivity contribution in [1.29, 1.82) is 0 Å². The molecule has 0 unspecified atom stereocenters. The van der Waals surface area contributed by atoms with Gasteiger partial charge < -0.3 is 14.8 Å². The summed E-state index contributed by atoms with van der Waals surface area (Å²) in [5.41, 5.74) is 0.754. The lowest BCUT2D eigenvalue weighted by Crippen LogP contribution is -2.26. The number of nitrogens with one attached hydrogen (secondary N) is 1. The highest BCUT2D eigenvalue weighted by atomic mass is 19.4. The minimum atomic E-state index is -4.35. The molecule has 1 aromatic rings. The number of amides is 1. The molecule has 7 heteroatoms. The molecule has 0 saturated heterocycles. The van der Waals surface area contributed by atoms with Gasteiger partial charge in [0.25, 0.3) is 0 Å². The Bertz CT molecular complexity index is 404. The Morgan fingerprint density at radius 1 is 1.26 bits per heavy atom. The maximum atomic E-state index is 11.9. The van der Waals surface area contributed by atoms with E-state index in [0.717, 1.165) is 5.56 Å². The van der Waals surface area contributed by atoms with Crippen molar-refractivity contribution >= 4 is 5.91 Å². The van der Waals surface area contributed by atoms with Gasteiger partial charge in [-0.05, 0) is 17.7 Å². The molecule has 0 radical (unpaired) electrons. The van der Waals surface area contributed by atoms with Gasteiger partial charge in [0, 0.05) is 13.7 Å². The van der Waals surface area contributed by atoms with Crippen molar-refractivity contribution in [2.45, 2.75) is 12.7 Å². The van der Waals surface area contributed by atoms with E-state index in [2.05, 4.69) is 14.8 Å². The molecule has 106 valence electrons. The molecule has 0 fully saturated rings. The van der Waals surface area contributed by atoms with Crippen LogP contribution in [0.4, 0.5) is 13.2 Å². The summed E-state index contributed by atoms with van der Waals surface area (Å²) in [6.07, 6.45) is -4.35. The molecule has 0 aliphatic rings. The Kier molecular flexibility index (Phi) is 5.62. The highest BCUT2D eigenvalue weighted by Gasteiger charge is 2.28. The summed E-state index contributed by atoms with van der Waals surface area (Å²) in [6, 6.07) is 6.00. The van der Waals surface area contributed by atoms with Gasteiger partial charge in [0.1, 0.15) is 12.4 Å². The molecule has 0 aliphatic heterocycles. The van der Waals surface area contributed by atoms with Crippen LogP contribution >= 0.6 is 0 Å². The van der Waals surface area contributed by atoms with Crippen LogP contribution in [0.25, 0.3) is 0 Å². The van der Waals surface area contributed by atoms with Crippen molar-refractivity contribution in [3.63, 3.8) is 0 Å². The standard InChI is InChI=1S/C12H14F3NO3/c1-18-7-11(17)16-6-9-2-4-10(5-3-9)19-8-12(13,14)15/h2-5H,6-8H2,1H3,(H,16,17). The summed E-state index contributed by atoms with van der Waals surface area (Å²) >= 11 is 0. The number of rotatable bonds is 6. The third-order valence-electron chi connectivity index (χ3n) is 2.09. The molecule has 0 atom stereocenters. The van der Waals surface area contributed by atoms with Crippen LogP contribution in [0.1, 0.15) is 5.56 Å². The SMILES string of the molecule is COCC(=O)NCc1ccc(OCC(F)(F)F)cc1. The molecule has 19 heavy (non-hydrogen) atoms. The van der Waals surface area contributed by atoms with Gasteiger partial charge in [0.2, 0.25) is 5.91 Å². The van der Waals surface area contributed by atoms with Crippen molar-refractivity contribution in [3.05, 3.63) is 29.8 Å². The lowest BCUT2D eigenvalue weighted by molar-refractivity contribution is -0.153. The summed E-state index contributed by atoms with van der Waals surface area (Å²) in [5.74, 6) is -0.135. The number of carbonyl (C=O) groups excluding carboxylic acids is 1. The normalized spacial score (nSPS) is 11.2. The number of carbonyl (C=O) groups is 1. The van der Waals surface area contributed by atoms with Crippen LogP contribution in [-0.4, -0.2) is 32.4 Å². The Hall–Kier alpha value is -1.76. The zero-order chi connectivity index (χ0) is 14.3. The minimum Gasteiger partial charge on any atom is -0.484 e. The first-order valence-electron chi connectivity index (χ1n) is 5.45. The smallest absolute Gasteiger partial charge is 0.422 e. The van der Waals surface area contributed by atoms with E-state index in [9.17, 15) is 18.0 Å². The van der Waals surface area contributed by atoms with Crippen LogP contribution in [0.2, 0.25) is 0 Å². The van der Waals surface area contributed by atoms with E-state index < -0.39 is 12.8 Å². The maximum Gasteiger partial charge on any atom is 0.422 e. The van der Waals surface area contributed by atoms with E-state index in [1.807, 2.05) is 0 Å². The fourth-order valence-electron chi connectivity index (χ4n) is 1.25. The zero-order valence-electron chi connectivity index (χ0n) is 10.3. The number of hydrogen-bond acceptors (Lipinski definition) is 3. The number of hydrogen-bond donors (Lipinski definition) is 1. The molecule has 0 spiro atoms. The molecule has 0 aromatic heterocycles. The van der Waals surface area contributed by atoms with Crippen molar-refractivity contribution in [2.24, 2.45) is 0 Å². The average molecular weight is 277 g/mol. The molecule has 0 saturated carbocycles. The zero-order valence-corrected chi connectivity index (χ0v) is 10.3. The van der Waals surface area contributed by atoms with E-state index in [4.69, 9.17) is 0 Å². The van der Waals surface area contributed by atoms with E-state index in [0.29, 0.717) is 0 Å². The molecule has 4 nitrogen and oxygen atoms in total. The lowest BCUT2D eigenvalue weighted by atomic mass is 10.2. The van der Waals surface area contributed by atoms with Crippen LogP contribution in [0, 0.1) is 0 Å². The van der Waals surface area contributed by atoms with Gasteiger partial charge in [-0.3, -0.25) is 4.79 Å². The van der Waals surface area contributed by atoms with Crippen molar-refractivity contribution in [3.8, 4) is 5.75 Å². The second-order valence-corrected chi connectivity index (χ2v) is 3.76. The van der Waals surface area contributed by atoms with Crippen molar-refractivity contribution in [1.82, 2.24) is 5.32 Å². The Morgan fingerprint density at radius 3 is 2.42 bits per heavy atom. The Morgan fingerprint density at radius 2 is 1.89 bits per heavy atom. The van der Waals surface area contributed by atoms with Crippen LogP contribution in [0.3, 0.4) is 0 Å². The number of alkyl halides is 3. The lowest BCUT2D eigenvalue weighted by Gasteiger charge is -2.10. The van der Waals surface area contributed by atoms with Gasteiger partial charge >= 0.3 is 6.18 Å². The topological polar surface area (TPSA) is 47.6 Å². The third-order valence-corrected chi connectivity index (χ3v) is 2.09. The molecule has 0 heterocycles. The molecular formula is C12H14F3NO3. The molecule has 1 amide bonds. The van der Waals surface area contributed by atoms with Crippen molar-refractivity contribution < 1.29 is 27.4 Å². The quantitative estimate of drug-likeness (QED) is 0.863. The molecule has 1 N–H and O–H groups in total. The van der Waals surface area contributed by atoms with E-state index in [-0.39, 0.29) is 24.8 Å². The second kappa shape index (κ2) is 6.98. The number of methoxy groups -OCH3 is 1. The predicted molar refractivity (Wildman–Crippen MR) is 61.7 cm³/mol. The average Bonchev–Trinajstić information content (AvgIpc) is 2.34. The first-order valence-corrected chi connectivity index (χ1v) is 5.45. The summed E-state index contributed by atoms with van der Waals surface area (Å²) in [4.78, 5) is 11.1. The van der Waals surface area contributed by atoms with E-state index in [1.165, 1.54) is 19.2 Å². The first kappa shape index (κ1) is 15.3. The molecule has 0 bridgehead atoms. The Balaban J connectivity index is 2.41. The molecular weight excluding hydrogens is 263 g/mol. The number of ether oxygens (including phenoxy) is 2. The minimum absolute atomic E-state index is 0.0349. The molecule has 1 aromatic carbocycles. The number of halogens is 3. The summed E-state index contributed by atoms with van der Waals surface area (Å²) in [5, 5.41) is 2.59.